The van der Waals surface area contributed by atoms with E-state index in [1.165, 1.54) is 37.3 Å². The van der Waals surface area contributed by atoms with Gasteiger partial charge in [-0.15, -0.1) is 0 Å². The highest BCUT2D eigenvalue weighted by Crippen LogP contribution is 2.30. The molecule has 0 aliphatic rings. The van der Waals surface area contributed by atoms with Crippen molar-refractivity contribution in [3.05, 3.63) is 64.1 Å². The number of nitrogens with two attached hydrogens (primary N) is 1. The fourth-order valence-corrected chi connectivity index (χ4v) is 2.34. The minimum Gasteiger partial charge on any atom is -0.368 e. The molecule has 2 rings (SSSR count). The van der Waals surface area contributed by atoms with E-state index in [0.717, 1.165) is 0 Å². The molecule has 0 fully saturated rings. The fourth-order valence-electron chi connectivity index (χ4n) is 2.01. The summed E-state index contributed by atoms with van der Waals surface area (Å²) in [5.41, 5.74) is 4.34. The van der Waals surface area contributed by atoms with Crippen LogP contribution in [0.1, 0.15) is 12.5 Å². The molecule has 0 aliphatic carbocycles. The van der Waals surface area contributed by atoms with E-state index in [0.29, 0.717) is 10.2 Å². The lowest BCUT2D eigenvalue weighted by Gasteiger charge is -2.29. The van der Waals surface area contributed by atoms with Crippen molar-refractivity contribution in [2.75, 3.05) is 5.32 Å². The molecular formula is C15H13BrF2N2O. The quantitative estimate of drug-likeness (QED) is 0.882. The zero-order chi connectivity index (χ0) is 15.6. The standard InChI is InChI=1S/C15H13BrF2N2O/c1-15(14(19)21,12-6-5-9(16)7-13(12)18)20-11-4-2-3-10(17)8-11/h2-8,20H,1H3,(H2,19,21). The molecule has 3 nitrogen and oxygen atoms in total. The van der Waals surface area contributed by atoms with Crippen molar-refractivity contribution in [3.63, 3.8) is 0 Å². The van der Waals surface area contributed by atoms with Crippen molar-refractivity contribution in [3.8, 4) is 0 Å². The number of carbonyl (C=O) groups excluding carboxylic acids is 1. The molecule has 0 heterocycles. The predicted octanol–water partition coefficient (Wildman–Crippen LogP) is 3.54. The van der Waals surface area contributed by atoms with Crippen LogP contribution < -0.4 is 11.1 Å². The lowest BCUT2D eigenvalue weighted by Crippen LogP contribution is -2.45. The molecular weight excluding hydrogens is 342 g/mol. The third-order valence-electron chi connectivity index (χ3n) is 3.18. The van der Waals surface area contributed by atoms with Gasteiger partial charge in [0.2, 0.25) is 5.91 Å². The van der Waals surface area contributed by atoms with Crippen molar-refractivity contribution in [1.82, 2.24) is 0 Å². The Morgan fingerprint density at radius 3 is 2.52 bits per heavy atom. The Morgan fingerprint density at radius 2 is 1.95 bits per heavy atom. The van der Waals surface area contributed by atoms with Crippen LogP contribution in [0.5, 0.6) is 0 Å². The van der Waals surface area contributed by atoms with Gasteiger partial charge >= 0.3 is 0 Å². The molecule has 0 aliphatic heterocycles. The van der Waals surface area contributed by atoms with E-state index >= 15 is 0 Å². The molecule has 2 aromatic rings. The minimum absolute atomic E-state index is 0.0856. The Kier molecular flexibility index (Phi) is 4.27. The summed E-state index contributed by atoms with van der Waals surface area (Å²) in [4.78, 5) is 11.8. The number of hydrogen-bond donors (Lipinski definition) is 2. The van der Waals surface area contributed by atoms with E-state index in [1.807, 2.05) is 0 Å². The number of hydrogen-bond acceptors (Lipinski definition) is 2. The first-order valence-corrected chi connectivity index (χ1v) is 6.91. The van der Waals surface area contributed by atoms with E-state index in [1.54, 1.807) is 12.1 Å². The largest absolute Gasteiger partial charge is 0.368 e. The topological polar surface area (TPSA) is 55.1 Å². The second-order valence-corrected chi connectivity index (χ2v) is 5.66. The monoisotopic (exact) mass is 354 g/mol. The van der Waals surface area contributed by atoms with Gasteiger partial charge in [0.1, 0.15) is 17.2 Å². The number of nitrogens with one attached hydrogen (secondary N) is 1. The molecule has 0 saturated carbocycles. The number of carbonyl (C=O) groups is 1. The summed E-state index contributed by atoms with van der Waals surface area (Å²) in [6.45, 7) is 1.45. The molecule has 0 bridgehead atoms. The molecule has 110 valence electrons. The highest BCUT2D eigenvalue weighted by molar-refractivity contribution is 9.10. The second kappa shape index (κ2) is 5.81. The van der Waals surface area contributed by atoms with Crippen molar-refractivity contribution < 1.29 is 13.6 Å². The Bertz CT molecular complexity index is 693. The summed E-state index contributed by atoms with van der Waals surface area (Å²) in [5, 5.41) is 2.80. The van der Waals surface area contributed by atoms with Crippen LogP contribution in [0, 0.1) is 11.6 Å². The zero-order valence-corrected chi connectivity index (χ0v) is 12.7. The van der Waals surface area contributed by atoms with Crippen molar-refractivity contribution in [1.29, 1.82) is 0 Å². The van der Waals surface area contributed by atoms with Crippen LogP contribution in [0.15, 0.2) is 46.9 Å². The van der Waals surface area contributed by atoms with E-state index < -0.39 is 23.1 Å². The lowest BCUT2D eigenvalue weighted by molar-refractivity contribution is -0.122. The molecule has 1 atom stereocenters. The predicted molar refractivity (Wildman–Crippen MR) is 80.7 cm³/mol. The summed E-state index contributed by atoms with van der Waals surface area (Å²) >= 11 is 3.15. The molecule has 0 radical (unpaired) electrons. The normalized spacial score (nSPS) is 13.5. The van der Waals surface area contributed by atoms with Crippen LogP contribution in [-0.4, -0.2) is 5.91 Å². The van der Waals surface area contributed by atoms with Gasteiger partial charge in [0, 0.05) is 15.7 Å². The van der Waals surface area contributed by atoms with Crippen molar-refractivity contribution in [2.45, 2.75) is 12.5 Å². The molecule has 0 spiro atoms. The van der Waals surface area contributed by atoms with Gasteiger partial charge in [0.05, 0.1) is 0 Å². The summed E-state index contributed by atoms with van der Waals surface area (Å²) in [6, 6.07) is 9.83. The summed E-state index contributed by atoms with van der Waals surface area (Å²) in [6.07, 6.45) is 0. The van der Waals surface area contributed by atoms with Crippen LogP contribution in [0.4, 0.5) is 14.5 Å². The van der Waals surface area contributed by atoms with Gasteiger partial charge < -0.3 is 11.1 Å². The third-order valence-corrected chi connectivity index (χ3v) is 3.67. The smallest absolute Gasteiger partial charge is 0.247 e. The van der Waals surface area contributed by atoms with Gasteiger partial charge in [-0.1, -0.05) is 28.1 Å². The number of halogens is 3. The average Bonchev–Trinajstić information content (AvgIpc) is 2.38. The van der Waals surface area contributed by atoms with Crippen LogP contribution in [0.25, 0.3) is 0 Å². The number of benzene rings is 2. The Hall–Kier alpha value is -1.95. The number of primary amides is 1. The molecule has 0 saturated heterocycles. The van der Waals surface area contributed by atoms with Gasteiger partial charge in [-0.25, -0.2) is 8.78 Å². The van der Waals surface area contributed by atoms with Gasteiger partial charge in [-0.2, -0.15) is 0 Å². The van der Waals surface area contributed by atoms with Gasteiger partial charge in [-0.05, 0) is 37.3 Å². The number of amides is 1. The van der Waals surface area contributed by atoms with Gasteiger partial charge in [0.15, 0.2) is 0 Å². The summed E-state index contributed by atoms with van der Waals surface area (Å²) in [7, 11) is 0. The van der Waals surface area contributed by atoms with E-state index in [-0.39, 0.29) is 5.56 Å². The second-order valence-electron chi connectivity index (χ2n) is 4.75. The maximum absolute atomic E-state index is 14.1. The molecule has 2 aromatic carbocycles. The summed E-state index contributed by atoms with van der Waals surface area (Å²) in [5.74, 6) is -1.83. The van der Waals surface area contributed by atoms with Crippen LogP contribution in [0.3, 0.4) is 0 Å². The maximum atomic E-state index is 14.1. The molecule has 6 heteroatoms. The summed E-state index contributed by atoms with van der Waals surface area (Å²) < 4.78 is 27.9. The van der Waals surface area contributed by atoms with Crippen LogP contribution >= 0.6 is 15.9 Å². The minimum atomic E-state index is -1.50. The SMILES string of the molecule is CC(Nc1cccc(F)c1)(C(N)=O)c1ccc(Br)cc1F. The Morgan fingerprint density at radius 1 is 1.24 bits per heavy atom. The number of rotatable bonds is 4. The Labute approximate surface area is 129 Å². The van der Waals surface area contributed by atoms with Gasteiger partial charge in [0.25, 0.3) is 0 Å². The first-order valence-electron chi connectivity index (χ1n) is 6.12. The van der Waals surface area contributed by atoms with Crippen molar-refractivity contribution >= 4 is 27.5 Å². The van der Waals surface area contributed by atoms with Crippen molar-refractivity contribution in [2.24, 2.45) is 5.73 Å². The molecule has 1 amide bonds. The number of anilines is 1. The fraction of sp³-hybridized carbons (Fsp3) is 0.133. The lowest BCUT2D eigenvalue weighted by atomic mass is 9.90. The molecule has 3 N–H and O–H groups in total. The zero-order valence-electron chi connectivity index (χ0n) is 11.2. The third kappa shape index (κ3) is 3.21. The Balaban J connectivity index is 2.48. The van der Waals surface area contributed by atoms with E-state index in [4.69, 9.17) is 5.73 Å². The molecule has 0 aromatic heterocycles. The first-order chi connectivity index (χ1) is 9.83. The molecule has 21 heavy (non-hydrogen) atoms. The van der Waals surface area contributed by atoms with Gasteiger partial charge in [-0.3, -0.25) is 4.79 Å². The van der Waals surface area contributed by atoms with E-state index in [9.17, 15) is 13.6 Å². The first kappa shape index (κ1) is 15.4. The van der Waals surface area contributed by atoms with Crippen LogP contribution in [-0.2, 0) is 10.3 Å². The van der Waals surface area contributed by atoms with E-state index in [2.05, 4.69) is 21.2 Å². The molecule has 1 unspecified atom stereocenters. The highest BCUT2D eigenvalue weighted by Gasteiger charge is 2.35. The highest BCUT2D eigenvalue weighted by atomic mass is 79.9. The average molecular weight is 355 g/mol. The maximum Gasteiger partial charge on any atom is 0.247 e. The van der Waals surface area contributed by atoms with Crippen LogP contribution in [0.2, 0.25) is 0 Å².